The second-order valence-electron chi connectivity index (χ2n) is 9.73. The summed E-state index contributed by atoms with van der Waals surface area (Å²) in [7, 11) is 1.09. The molecule has 0 unspecified atom stereocenters. The molecule has 5 aromatic rings. The molecule has 0 saturated heterocycles. The van der Waals surface area contributed by atoms with Crippen molar-refractivity contribution in [2.75, 3.05) is 51.1 Å². The van der Waals surface area contributed by atoms with Crippen LogP contribution in [0.15, 0.2) is 77.4 Å². The third-order valence-electron chi connectivity index (χ3n) is 6.80. The number of sulfonamides is 1. The summed E-state index contributed by atoms with van der Waals surface area (Å²) < 4.78 is 50.2. The predicted molar refractivity (Wildman–Crippen MR) is 175 cm³/mol. The molecule has 0 atom stereocenters. The van der Waals surface area contributed by atoms with Crippen LogP contribution in [0.2, 0.25) is 0 Å². The summed E-state index contributed by atoms with van der Waals surface area (Å²) in [4.78, 5) is 12.9. The van der Waals surface area contributed by atoms with Gasteiger partial charge in [0.1, 0.15) is 12.1 Å². The fourth-order valence-electron chi connectivity index (χ4n) is 4.51. The van der Waals surface area contributed by atoms with Crippen LogP contribution < -0.4 is 34.3 Å². The lowest BCUT2D eigenvalue weighted by Gasteiger charge is -2.14. The average Bonchev–Trinajstić information content (AvgIpc) is 3.56. The summed E-state index contributed by atoms with van der Waals surface area (Å²) in [6.45, 7) is 2.08. The predicted octanol–water partition coefficient (Wildman–Crippen LogP) is 5.26. The first kappa shape index (κ1) is 31.8. The van der Waals surface area contributed by atoms with Crippen LogP contribution in [-0.2, 0) is 16.4 Å². The average molecular weight is 651 g/mol. The zero-order valence-corrected chi connectivity index (χ0v) is 26.7. The Morgan fingerprint density at radius 2 is 1.60 bits per heavy atom. The summed E-state index contributed by atoms with van der Waals surface area (Å²) in [5.41, 5.74) is 2.48. The molecule has 45 heavy (non-hydrogen) atoms. The van der Waals surface area contributed by atoms with E-state index >= 15 is 0 Å². The molecule has 0 aliphatic carbocycles. The number of hydrogen-bond acceptors (Lipinski definition) is 12. The molecule has 0 radical (unpaired) electrons. The Morgan fingerprint density at radius 3 is 2.33 bits per heavy atom. The summed E-state index contributed by atoms with van der Waals surface area (Å²) >= 11 is 1.21. The molecule has 2 aromatic heterocycles. The molecule has 0 aliphatic heterocycles. The molecule has 0 aliphatic rings. The number of nitrogens with one attached hydrogen (secondary N) is 3. The summed E-state index contributed by atoms with van der Waals surface area (Å²) in [6.07, 6.45) is 4.64. The van der Waals surface area contributed by atoms with Crippen LogP contribution in [0.1, 0.15) is 12.0 Å². The minimum absolute atomic E-state index is 0.117. The van der Waals surface area contributed by atoms with E-state index < -0.39 is 10.0 Å². The highest BCUT2D eigenvalue weighted by Gasteiger charge is 2.16. The smallest absolute Gasteiger partial charge is 0.263 e. The Hall–Kier alpha value is -4.66. The molecule has 3 aromatic carbocycles. The van der Waals surface area contributed by atoms with E-state index in [0.29, 0.717) is 46.0 Å². The highest BCUT2D eigenvalue weighted by atomic mass is 32.2. The number of rotatable bonds is 16. The number of methoxy groups -OCH3 is 3. The minimum Gasteiger partial charge on any atom is -0.493 e. The third kappa shape index (κ3) is 8.09. The zero-order valence-electron chi connectivity index (χ0n) is 25.1. The third-order valence-corrected chi connectivity index (χ3v) is 8.97. The van der Waals surface area contributed by atoms with E-state index in [1.54, 1.807) is 44.9 Å². The molecule has 12 nitrogen and oxygen atoms in total. The molecule has 0 fully saturated rings. The largest absolute Gasteiger partial charge is 0.493 e. The van der Waals surface area contributed by atoms with Crippen LogP contribution >= 0.6 is 11.3 Å². The van der Waals surface area contributed by atoms with Crippen molar-refractivity contribution in [1.29, 1.82) is 0 Å². The highest BCUT2D eigenvalue weighted by Crippen LogP contribution is 2.35. The van der Waals surface area contributed by atoms with Gasteiger partial charge < -0.3 is 29.6 Å². The highest BCUT2D eigenvalue weighted by molar-refractivity contribution is 7.93. The molecule has 5 rings (SSSR count). The van der Waals surface area contributed by atoms with Gasteiger partial charge in [0.15, 0.2) is 28.1 Å². The number of aromatic nitrogens is 3. The molecule has 2 heterocycles. The van der Waals surface area contributed by atoms with Crippen LogP contribution in [0.3, 0.4) is 0 Å². The number of anilines is 3. The van der Waals surface area contributed by atoms with Gasteiger partial charge in [-0.25, -0.2) is 23.4 Å². The second-order valence-corrected chi connectivity index (χ2v) is 12.3. The SMILES string of the molecule is COc1ccc(CCNCCCOc2cc3c(Nc4ccc(S(=O)(=O)Nc5nccs5)cc4)ncnc3cc2OC)cc1OC. The molecular weight excluding hydrogens is 617 g/mol. The normalized spacial score (nSPS) is 11.3. The van der Waals surface area contributed by atoms with E-state index in [0.717, 1.165) is 42.6 Å². The number of ether oxygens (including phenoxy) is 4. The lowest BCUT2D eigenvalue weighted by atomic mass is 10.1. The van der Waals surface area contributed by atoms with Crippen molar-refractivity contribution < 1.29 is 27.4 Å². The lowest BCUT2D eigenvalue weighted by molar-refractivity contribution is 0.288. The van der Waals surface area contributed by atoms with Gasteiger partial charge in [-0.15, -0.1) is 11.3 Å². The summed E-state index contributed by atoms with van der Waals surface area (Å²) in [5, 5.41) is 9.43. The molecule has 0 spiro atoms. The van der Waals surface area contributed by atoms with Crippen molar-refractivity contribution in [3.63, 3.8) is 0 Å². The van der Waals surface area contributed by atoms with Gasteiger partial charge in [0.25, 0.3) is 10.0 Å². The van der Waals surface area contributed by atoms with Crippen LogP contribution in [0.25, 0.3) is 10.9 Å². The van der Waals surface area contributed by atoms with Gasteiger partial charge in [0, 0.05) is 28.7 Å². The number of fused-ring (bicyclic) bond motifs is 1. The van der Waals surface area contributed by atoms with Crippen molar-refractivity contribution in [2.45, 2.75) is 17.7 Å². The van der Waals surface area contributed by atoms with Crippen molar-refractivity contribution >= 4 is 48.9 Å². The standard InChI is InChI=1S/C31H34N6O6S2/c1-40-26-10-5-21(17-27(26)41-2)11-13-32-12-4-15-43-29-18-24-25(19-28(29)42-3)34-20-35-30(24)36-22-6-8-23(9-7-22)45(38,39)37-31-33-14-16-44-31/h5-10,14,16-20,32H,4,11-13,15H2,1-3H3,(H,33,37)(H,34,35,36). The summed E-state index contributed by atoms with van der Waals surface area (Å²) in [5.74, 6) is 3.12. The molecule has 0 bridgehead atoms. The first-order valence-corrected chi connectivity index (χ1v) is 16.4. The van der Waals surface area contributed by atoms with Crippen molar-refractivity contribution in [3.8, 4) is 23.0 Å². The van der Waals surface area contributed by atoms with Gasteiger partial charge in [0.05, 0.1) is 38.3 Å². The topological polar surface area (TPSA) is 146 Å². The molecule has 236 valence electrons. The Morgan fingerprint density at radius 1 is 0.822 bits per heavy atom. The Kier molecular flexibility index (Phi) is 10.5. The van der Waals surface area contributed by atoms with Crippen LogP contribution in [-0.4, -0.2) is 64.4 Å². The van der Waals surface area contributed by atoms with Crippen molar-refractivity contribution in [3.05, 3.63) is 78.1 Å². The van der Waals surface area contributed by atoms with Gasteiger partial charge >= 0.3 is 0 Å². The van der Waals surface area contributed by atoms with Crippen LogP contribution in [0.5, 0.6) is 23.0 Å². The van der Waals surface area contributed by atoms with E-state index in [9.17, 15) is 8.42 Å². The Bertz CT molecular complexity index is 1820. The van der Waals surface area contributed by atoms with Crippen molar-refractivity contribution in [2.24, 2.45) is 0 Å². The maximum absolute atomic E-state index is 12.7. The number of benzene rings is 3. The fourth-order valence-corrected chi connectivity index (χ4v) is 6.30. The first-order chi connectivity index (χ1) is 21.9. The molecular formula is C31H34N6O6S2. The number of nitrogens with zero attached hydrogens (tertiary/aromatic N) is 3. The van der Waals surface area contributed by atoms with Gasteiger partial charge in [-0.05, 0) is 74.0 Å². The van der Waals surface area contributed by atoms with Crippen LogP contribution in [0, 0.1) is 0 Å². The Balaban J connectivity index is 1.18. The van der Waals surface area contributed by atoms with E-state index in [1.807, 2.05) is 24.3 Å². The van der Waals surface area contributed by atoms with E-state index in [2.05, 4.69) is 30.3 Å². The molecule has 14 heteroatoms. The Labute approximate surface area is 265 Å². The number of thiazole rings is 1. The zero-order chi connectivity index (χ0) is 31.6. The van der Waals surface area contributed by atoms with Crippen LogP contribution in [0.4, 0.5) is 16.6 Å². The monoisotopic (exact) mass is 650 g/mol. The van der Waals surface area contributed by atoms with Gasteiger partial charge in [-0.2, -0.15) is 0 Å². The molecule has 3 N–H and O–H groups in total. The second kappa shape index (κ2) is 14.9. The number of hydrogen-bond donors (Lipinski definition) is 3. The fraction of sp³-hybridized carbons (Fsp3) is 0.258. The van der Waals surface area contributed by atoms with Crippen molar-refractivity contribution in [1.82, 2.24) is 20.3 Å². The molecule has 0 saturated carbocycles. The van der Waals surface area contributed by atoms with E-state index in [-0.39, 0.29) is 4.90 Å². The maximum atomic E-state index is 12.7. The summed E-state index contributed by atoms with van der Waals surface area (Å²) in [6, 6.07) is 16.0. The lowest BCUT2D eigenvalue weighted by Crippen LogP contribution is -2.20. The van der Waals surface area contributed by atoms with Gasteiger partial charge in [-0.3, -0.25) is 4.72 Å². The first-order valence-electron chi connectivity index (χ1n) is 14.1. The quantitative estimate of drug-likeness (QED) is 0.120. The van der Waals surface area contributed by atoms with Gasteiger partial charge in [-0.1, -0.05) is 6.07 Å². The van der Waals surface area contributed by atoms with E-state index in [1.165, 1.54) is 36.0 Å². The maximum Gasteiger partial charge on any atom is 0.263 e. The minimum atomic E-state index is -3.75. The molecule has 0 amide bonds. The van der Waals surface area contributed by atoms with Gasteiger partial charge in [0.2, 0.25) is 0 Å². The van der Waals surface area contributed by atoms with E-state index in [4.69, 9.17) is 18.9 Å².